The molecule has 1 saturated heterocycles. The van der Waals surface area contributed by atoms with E-state index in [9.17, 15) is 22.8 Å². The molecule has 1 aromatic carbocycles. The van der Waals surface area contributed by atoms with E-state index in [-0.39, 0.29) is 36.7 Å². The van der Waals surface area contributed by atoms with Crippen LogP contribution in [0.4, 0.5) is 35.4 Å². The number of ether oxygens (including phenoxy) is 2. The number of methoxy groups -OCH3 is 1. The minimum absolute atomic E-state index is 0.00607. The molecular formula is C26H36F3N7O4. The largest absolute Gasteiger partial charge is 0.495 e. The SMILES string of the molecule is COc1cc(C(=O)NC2CCN(C)CC2)ccc1Nc1ncc(C(F)(F)F)c(NCCNC(=O)OC(C)(C)C)n1. The Labute approximate surface area is 231 Å². The number of halogens is 3. The van der Waals surface area contributed by atoms with Crippen LogP contribution in [0.2, 0.25) is 0 Å². The second kappa shape index (κ2) is 13.0. The average molecular weight is 568 g/mol. The number of rotatable bonds is 9. The van der Waals surface area contributed by atoms with Gasteiger partial charge in [-0.25, -0.2) is 9.78 Å². The van der Waals surface area contributed by atoms with Crippen molar-refractivity contribution in [1.82, 2.24) is 25.5 Å². The van der Waals surface area contributed by atoms with Crippen LogP contribution in [0, 0.1) is 0 Å². The number of carbonyl (C=O) groups excluding carboxylic acids is 2. The maximum atomic E-state index is 13.6. The maximum Gasteiger partial charge on any atom is 0.421 e. The lowest BCUT2D eigenvalue weighted by Crippen LogP contribution is -2.43. The summed E-state index contributed by atoms with van der Waals surface area (Å²) in [7, 11) is 3.45. The molecule has 14 heteroatoms. The fourth-order valence-electron chi connectivity index (χ4n) is 3.92. The van der Waals surface area contributed by atoms with Crippen LogP contribution in [0.15, 0.2) is 24.4 Å². The zero-order valence-corrected chi connectivity index (χ0v) is 23.2. The lowest BCUT2D eigenvalue weighted by molar-refractivity contribution is -0.137. The van der Waals surface area contributed by atoms with E-state index in [1.165, 1.54) is 13.2 Å². The van der Waals surface area contributed by atoms with Gasteiger partial charge in [0.05, 0.1) is 12.8 Å². The number of alkyl carbamates (subject to hydrolysis) is 1. The molecule has 2 aromatic rings. The van der Waals surface area contributed by atoms with E-state index in [4.69, 9.17) is 9.47 Å². The average Bonchev–Trinajstić information content (AvgIpc) is 2.86. The number of piperidine rings is 1. The summed E-state index contributed by atoms with van der Waals surface area (Å²) in [6.45, 7) is 6.84. The van der Waals surface area contributed by atoms with Crippen molar-refractivity contribution in [3.63, 3.8) is 0 Å². The third-order valence-corrected chi connectivity index (χ3v) is 5.94. The van der Waals surface area contributed by atoms with Crippen molar-refractivity contribution in [3.05, 3.63) is 35.5 Å². The molecule has 220 valence electrons. The van der Waals surface area contributed by atoms with Gasteiger partial charge in [0, 0.05) is 30.9 Å². The summed E-state index contributed by atoms with van der Waals surface area (Å²) in [6, 6.07) is 4.78. The highest BCUT2D eigenvalue weighted by Gasteiger charge is 2.35. The van der Waals surface area contributed by atoms with Gasteiger partial charge < -0.3 is 35.6 Å². The normalized spacial score (nSPS) is 14.8. The van der Waals surface area contributed by atoms with Crippen LogP contribution in [0.25, 0.3) is 0 Å². The molecule has 2 heterocycles. The molecule has 1 aliphatic rings. The molecule has 0 saturated carbocycles. The van der Waals surface area contributed by atoms with Crippen LogP contribution in [-0.2, 0) is 10.9 Å². The second-order valence-electron chi connectivity index (χ2n) is 10.4. The summed E-state index contributed by atoms with van der Waals surface area (Å²) >= 11 is 0. The number of hydrogen-bond acceptors (Lipinski definition) is 9. The predicted octanol–water partition coefficient (Wildman–Crippen LogP) is 4.01. The highest BCUT2D eigenvalue weighted by Crippen LogP contribution is 2.35. The van der Waals surface area contributed by atoms with E-state index in [1.54, 1.807) is 32.9 Å². The lowest BCUT2D eigenvalue weighted by Gasteiger charge is -2.29. The Balaban J connectivity index is 1.69. The fourth-order valence-corrected chi connectivity index (χ4v) is 3.92. The van der Waals surface area contributed by atoms with Gasteiger partial charge in [-0.3, -0.25) is 4.79 Å². The molecule has 0 unspecified atom stereocenters. The van der Waals surface area contributed by atoms with Gasteiger partial charge in [-0.05, 0) is 71.9 Å². The first kappa shape index (κ1) is 30.7. The van der Waals surface area contributed by atoms with Crippen molar-refractivity contribution in [1.29, 1.82) is 0 Å². The molecule has 1 aromatic heterocycles. The molecule has 40 heavy (non-hydrogen) atoms. The van der Waals surface area contributed by atoms with Crippen molar-refractivity contribution >= 4 is 29.5 Å². The molecule has 4 N–H and O–H groups in total. The third kappa shape index (κ3) is 9.14. The third-order valence-electron chi connectivity index (χ3n) is 5.94. The molecule has 11 nitrogen and oxygen atoms in total. The number of nitrogens with one attached hydrogen (secondary N) is 4. The summed E-state index contributed by atoms with van der Waals surface area (Å²) < 4.78 is 51.2. The number of nitrogens with zero attached hydrogens (tertiary/aromatic N) is 3. The van der Waals surface area contributed by atoms with E-state index in [2.05, 4.69) is 36.1 Å². The smallest absolute Gasteiger partial charge is 0.421 e. The minimum Gasteiger partial charge on any atom is -0.495 e. The fraction of sp³-hybridized carbons (Fsp3) is 0.538. The van der Waals surface area contributed by atoms with E-state index < -0.39 is 29.3 Å². The number of amides is 2. The molecule has 1 fully saturated rings. The molecule has 0 radical (unpaired) electrons. The van der Waals surface area contributed by atoms with Crippen molar-refractivity contribution in [2.75, 3.05) is 51.0 Å². The van der Waals surface area contributed by atoms with Crippen LogP contribution in [0.5, 0.6) is 5.75 Å². The number of anilines is 3. The standard InChI is InChI=1S/C26H36F3N7O4/c1-25(2,3)40-24(38)31-11-10-30-21-18(26(27,28)29)15-32-23(35-21)34-19-7-6-16(14-20(19)39-5)22(37)33-17-8-12-36(4)13-9-17/h6-7,14-15,17H,8-13H2,1-5H3,(H,31,38)(H,33,37)(H2,30,32,34,35). The molecule has 1 aliphatic heterocycles. The maximum absolute atomic E-state index is 13.6. The van der Waals surface area contributed by atoms with Crippen LogP contribution >= 0.6 is 0 Å². The van der Waals surface area contributed by atoms with Gasteiger partial charge in [0.25, 0.3) is 5.91 Å². The van der Waals surface area contributed by atoms with Gasteiger partial charge in [-0.15, -0.1) is 0 Å². The second-order valence-corrected chi connectivity index (χ2v) is 10.4. The molecule has 0 spiro atoms. The molecule has 3 rings (SSSR count). The summed E-state index contributed by atoms with van der Waals surface area (Å²) in [5.41, 5.74) is -1.03. The van der Waals surface area contributed by atoms with Crippen molar-refractivity contribution in [3.8, 4) is 5.75 Å². The Morgan fingerprint density at radius 1 is 1.12 bits per heavy atom. The topological polar surface area (TPSA) is 130 Å². The van der Waals surface area contributed by atoms with Crippen LogP contribution < -0.4 is 26.0 Å². The number of likely N-dealkylation sites (tertiary alicyclic amines) is 1. The van der Waals surface area contributed by atoms with Gasteiger partial charge in [0.1, 0.15) is 22.7 Å². The van der Waals surface area contributed by atoms with Gasteiger partial charge in [0.2, 0.25) is 5.95 Å². The number of benzene rings is 1. The zero-order chi connectivity index (χ0) is 29.5. The van der Waals surface area contributed by atoms with Gasteiger partial charge in [0.15, 0.2) is 0 Å². The van der Waals surface area contributed by atoms with E-state index in [1.807, 2.05) is 7.05 Å². The first-order valence-electron chi connectivity index (χ1n) is 12.8. The van der Waals surface area contributed by atoms with Gasteiger partial charge in [-0.1, -0.05) is 0 Å². The highest BCUT2D eigenvalue weighted by atomic mass is 19.4. The van der Waals surface area contributed by atoms with E-state index >= 15 is 0 Å². The van der Waals surface area contributed by atoms with Crippen molar-refractivity contribution in [2.24, 2.45) is 0 Å². The molecular weight excluding hydrogens is 531 g/mol. The molecule has 0 bridgehead atoms. The molecule has 0 atom stereocenters. The zero-order valence-electron chi connectivity index (χ0n) is 23.2. The van der Waals surface area contributed by atoms with Crippen molar-refractivity contribution < 1.29 is 32.2 Å². The Morgan fingerprint density at radius 3 is 2.45 bits per heavy atom. The minimum atomic E-state index is -4.71. The molecule has 2 amide bonds. The monoisotopic (exact) mass is 567 g/mol. The number of alkyl halides is 3. The van der Waals surface area contributed by atoms with Gasteiger partial charge in [-0.2, -0.15) is 18.2 Å². The lowest BCUT2D eigenvalue weighted by atomic mass is 10.0. The van der Waals surface area contributed by atoms with Crippen LogP contribution in [0.1, 0.15) is 49.5 Å². The first-order chi connectivity index (χ1) is 18.7. The highest BCUT2D eigenvalue weighted by molar-refractivity contribution is 5.95. The summed E-state index contributed by atoms with van der Waals surface area (Å²) in [5.74, 6) is -0.547. The Hall–Kier alpha value is -3.81. The number of carbonyl (C=O) groups is 2. The summed E-state index contributed by atoms with van der Waals surface area (Å²) in [6.07, 6.45) is -3.02. The number of aromatic nitrogens is 2. The predicted molar refractivity (Wildman–Crippen MR) is 144 cm³/mol. The summed E-state index contributed by atoms with van der Waals surface area (Å²) in [5, 5.41) is 10.9. The Morgan fingerprint density at radius 2 is 1.82 bits per heavy atom. The molecule has 0 aliphatic carbocycles. The quantitative estimate of drug-likeness (QED) is 0.332. The van der Waals surface area contributed by atoms with Crippen LogP contribution in [0.3, 0.4) is 0 Å². The van der Waals surface area contributed by atoms with Gasteiger partial charge >= 0.3 is 12.3 Å². The number of hydrogen-bond donors (Lipinski definition) is 4. The summed E-state index contributed by atoms with van der Waals surface area (Å²) in [4.78, 5) is 34.5. The first-order valence-corrected chi connectivity index (χ1v) is 12.8. The van der Waals surface area contributed by atoms with E-state index in [0.717, 1.165) is 25.9 Å². The van der Waals surface area contributed by atoms with Crippen LogP contribution in [-0.4, -0.2) is 78.8 Å². The Bertz CT molecular complexity index is 1180. The van der Waals surface area contributed by atoms with E-state index in [0.29, 0.717) is 17.4 Å². The Kier molecular flexibility index (Phi) is 10.0. The van der Waals surface area contributed by atoms with Crippen molar-refractivity contribution in [2.45, 2.75) is 51.4 Å².